The van der Waals surface area contributed by atoms with Gasteiger partial charge in [-0.15, -0.1) is 0 Å². The standard InChI is InChI=1S/C8H8FN3/c9-8-2-1-6(4-10)7(3-8)5-12-11/h1-3,12H,5,11H2. The van der Waals surface area contributed by atoms with Gasteiger partial charge in [-0.3, -0.25) is 11.3 Å². The van der Waals surface area contributed by atoms with Crippen LogP contribution < -0.4 is 11.3 Å². The maximum atomic E-state index is 12.6. The van der Waals surface area contributed by atoms with E-state index < -0.39 is 0 Å². The molecule has 0 saturated carbocycles. The average Bonchev–Trinajstić information content (AvgIpc) is 2.05. The third-order valence-corrected chi connectivity index (χ3v) is 1.48. The van der Waals surface area contributed by atoms with Crippen LogP contribution in [0.15, 0.2) is 18.2 Å². The molecule has 1 rings (SSSR count). The Morgan fingerprint density at radius 3 is 2.92 bits per heavy atom. The lowest BCUT2D eigenvalue weighted by atomic mass is 10.1. The summed E-state index contributed by atoms with van der Waals surface area (Å²) in [4.78, 5) is 0. The van der Waals surface area contributed by atoms with E-state index in [1.165, 1.54) is 18.2 Å². The molecular weight excluding hydrogens is 157 g/mol. The van der Waals surface area contributed by atoms with Crippen LogP contribution in [0.5, 0.6) is 0 Å². The smallest absolute Gasteiger partial charge is 0.123 e. The molecule has 0 heterocycles. The zero-order valence-corrected chi connectivity index (χ0v) is 6.34. The summed E-state index contributed by atoms with van der Waals surface area (Å²) in [5.74, 6) is 4.69. The van der Waals surface area contributed by atoms with E-state index in [1.807, 2.05) is 6.07 Å². The summed E-state index contributed by atoms with van der Waals surface area (Å²) in [6.07, 6.45) is 0. The highest BCUT2D eigenvalue weighted by Crippen LogP contribution is 2.09. The Bertz CT molecular complexity index is 317. The third kappa shape index (κ3) is 1.78. The van der Waals surface area contributed by atoms with Crippen LogP contribution in [0, 0.1) is 17.1 Å². The molecule has 0 aliphatic heterocycles. The van der Waals surface area contributed by atoms with E-state index >= 15 is 0 Å². The third-order valence-electron chi connectivity index (χ3n) is 1.48. The molecule has 0 spiro atoms. The Morgan fingerprint density at radius 2 is 2.33 bits per heavy atom. The summed E-state index contributed by atoms with van der Waals surface area (Å²) in [5.41, 5.74) is 3.38. The van der Waals surface area contributed by atoms with Gasteiger partial charge in [0.05, 0.1) is 11.6 Å². The van der Waals surface area contributed by atoms with Gasteiger partial charge in [-0.1, -0.05) is 0 Å². The van der Waals surface area contributed by atoms with Crippen LogP contribution in [-0.4, -0.2) is 0 Å². The molecule has 0 atom stereocenters. The Hall–Kier alpha value is -1.44. The fourth-order valence-corrected chi connectivity index (χ4v) is 0.928. The van der Waals surface area contributed by atoms with Crippen LogP contribution in [0.4, 0.5) is 4.39 Å². The molecule has 0 aliphatic carbocycles. The predicted molar refractivity (Wildman–Crippen MR) is 42.1 cm³/mol. The van der Waals surface area contributed by atoms with Crippen molar-refractivity contribution in [2.45, 2.75) is 6.54 Å². The van der Waals surface area contributed by atoms with Crippen molar-refractivity contribution in [2.24, 2.45) is 5.84 Å². The second-order valence-electron chi connectivity index (χ2n) is 2.29. The van der Waals surface area contributed by atoms with Crippen molar-refractivity contribution in [1.29, 1.82) is 5.26 Å². The molecule has 0 fully saturated rings. The van der Waals surface area contributed by atoms with E-state index in [4.69, 9.17) is 11.1 Å². The molecule has 0 saturated heterocycles. The molecule has 0 aromatic heterocycles. The molecule has 3 nitrogen and oxygen atoms in total. The Morgan fingerprint density at radius 1 is 1.58 bits per heavy atom. The van der Waals surface area contributed by atoms with Gasteiger partial charge in [-0.25, -0.2) is 4.39 Å². The van der Waals surface area contributed by atoms with E-state index in [0.29, 0.717) is 17.7 Å². The first kappa shape index (κ1) is 8.65. The number of hydrogen-bond donors (Lipinski definition) is 2. The predicted octanol–water partition coefficient (Wildman–Crippen LogP) is 0.661. The van der Waals surface area contributed by atoms with Gasteiger partial charge in [-0.2, -0.15) is 5.26 Å². The number of hydrogen-bond acceptors (Lipinski definition) is 3. The van der Waals surface area contributed by atoms with Crippen LogP contribution in [-0.2, 0) is 6.54 Å². The first-order chi connectivity index (χ1) is 5.77. The Balaban J connectivity index is 3.06. The van der Waals surface area contributed by atoms with Gasteiger partial charge >= 0.3 is 0 Å². The van der Waals surface area contributed by atoms with Crippen LogP contribution in [0.2, 0.25) is 0 Å². The summed E-state index contributed by atoms with van der Waals surface area (Å²) in [7, 11) is 0. The van der Waals surface area contributed by atoms with E-state index in [0.717, 1.165) is 0 Å². The lowest BCUT2D eigenvalue weighted by molar-refractivity contribution is 0.622. The topological polar surface area (TPSA) is 61.8 Å². The first-order valence-electron chi connectivity index (χ1n) is 3.40. The van der Waals surface area contributed by atoms with Gasteiger partial charge in [0.25, 0.3) is 0 Å². The molecule has 1 aromatic carbocycles. The van der Waals surface area contributed by atoms with Crippen LogP contribution in [0.3, 0.4) is 0 Å². The maximum Gasteiger partial charge on any atom is 0.123 e. The van der Waals surface area contributed by atoms with Gasteiger partial charge in [0, 0.05) is 6.54 Å². The zero-order chi connectivity index (χ0) is 8.97. The van der Waals surface area contributed by atoms with Crippen molar-refractivity contribution in [3.8, 4) is 6.07 Å². The minimum atomic E-state index is -0.362. The van der Waals surface area contributed by atoms with Gasteiger partial charge in [0.2, 0.25) is 0 Å². The SMILES string of the molecule is N#Cc1ccc(F)cc1CNN. The van der Waals surface area contributed by atoms with E-state index in [2.05, 4.69) is 5.43 Å². The monoisotopic (exact) mass is 165 g/mol. The van der Waals surface area contributed by atoms with E-state index in [-0.39, 0.29) is 5.82 Å². The van der Waals surface area contributed by atoms with Gasteiger partial charge < -0.3 is 0 Å². The molecule has 0 unspecified atom stereocenters. The van der Waals surface area contributed by atoms with E-state index in [1.54, 1.807) is 0 Å². The molecule has 0 radical (unpaired) electrons. The molecule has 62 valence electrons. The summed E-state index contributed by atoms with van der Waals surface area (Å²) in [6, 6.07) is 5.92. The molecule has 0 aliphatic rings. The summed E-state index contributed by atoms with van der Waals surface area (Å²) >= 11 is 0. The van der Waals surface area contributed by atoms with Crippen LogP contribution >= 0.6 is 0 Å². The zero-order valence-electron chi connectivity index (χ0n) is 6.34. The number of rotatable bonds is 2. The van der Waals surface area contributed by atoms with Gasteiger partial charge in [0.15, 0.2) is 0 Å². The fraction of sp³-hybridized carbons (Fsp3) is 0.125. The highest BCUT2D eigenvalue weighted by Gasteiger charge is 2.01. The molecule has 0 amide bonds. The van der Waals surface area contributed by atoms with E-state index in [9.17, 15) is 4.39 Å². The second-order valence-corrected chi connectivity index (χ2v) is 2.29. The summed E-state index contributed by atoms with van der Waals surface area (Å²) < 4.78 is 12.6. The van der Waals surface area contributed by atoms with Crippen molar-refractivity contribution < 1.29 is 4.39 Å². The first-order valence-corrected chi connectivity index (χ1v) is 3.40. The lowest BCUT2D eigenvalue weighted by Crippen LogP contribution is -2.21. The normalized spacial score (nSPS) is 9.42. The highest BCUT2D eigenvalue weighted by atomic mass is 19.1. The molecule has 4 heteroatoms. The number of benzene rings is 1. The number of halogens is 1. The van der Waals surface area contributed by atoms with Crippen molar-refractivity contribution in [3.05, 3.63) is 35.1 Å². The van der Waals surface area contributed by atoms with Crippen molar-refractivity contribution >= 4 is 0 Å². The minimum Gasteiger partial charge on any atom is -0.271 e. The Labute approximate surface area is 69.6 Å². The number of nitrogens with two attached hydrogens (primary N) is 1. The molecule has 0 bridgehead atoms. The highest BCUT2D eigenvalue weighted by molar-refractivity contribution is 5.37. The Kier molecular flexibility index (Phi) is 2.75. The molecular formula is C8H8FN3. The summed E-state index contributed by atoms with van der Waals surface area (Å²) in [6.45, 7) is 0.292. The fourth-order valence-electron chi connectivity index (χ4n) is 0.928. The molecule has 12 heavy (non-hydrogen) atoms. The van der Waals surface area contributed by atoms with Crippen molar-refractivity contribution in [3.63, 3.8) is 0 Å². The largest absolute Gasteiger partial charge is 0.271 e. The number of nitrogens with one attached hydrogen (secondary N) is 1. The number of nitrogens with zero attached hydrogens (tertiary/aromatic N) is 1. The number of hydrazine groups is 1. The van der Waals surface area contributed by atoms with Gasteiger partial charge in [-0.05, 0) is 23.8 Å². The minimum absolute atomic E-state index is 0.292. The molecule has 3 N–H and O–H groups in total. The lowest BCUT2D eigenvalue weighted by Gasteiger charge is -2.01. The average molecular weight is 165 g/mol. The molecule has 1 aromatic rings. The maximum absolute atomic E-state index is 12.6. The second kappa shape index (κ2) is 3.81. The van der Waals surface area contributed by atoms with Crippen LogP contribution in [0.1, 0.15) is 11.1 Å². The van der Waals surface area contributed by atoms with Crippen molar-refractivity contribution in [2.75, 3.05) is 0 Å². The van der Waals surface area contributed by atoms with Crippen LogP contribution in [0.25, 0.3) is 0 Å². The quantitative estimate of drug-likeness (QED) is 0.500. The number of nitriles is 1. The van der Waals surface area contributed by atoms with Gasteiger partial charge in [0.1, 0.15) is 5.82 Å². The summed E-state index contributed by atoms with van der Waals surface area (Å²) in [5, 5.41) is 8.59. The van der Waals surface area contributed by atoms with Crippen molar-refractivity contribution in [1.82, 2.24) is 5.43 Å².